The molecule has 2 aromatic heterocycles. The first-order valence-corrected chi connectivity index (χ1v) is 9.42. The Morgan fingerprint density at radius 3 is 2.52 bits per heavy atom. The second-order valence-corrected chi connectivity index (χ2v) is 6.58. The molecule has 1 aromatic carbocycles. The molecule has 1 fully saturated rings. The van der Waals surface area contributed by atoms with E-state index in [-0.39, 0.29) is 5.91 Å². The van der Waals surface area contributed by atoms with Crippen LogP contribution in [0.2, 0.25) is 0 Å². The Bertz CT molecular complexity index is 974. The Balaban J connectivity index is 1.41. The van der Waals surface area contributed by atoms with Crippen molar-refractivity contribution in [1.82, 2.24) is 19.9 Å². The fraction of sp³-hybridized carbons (Fsp3) is 0.238. The third-order valence-electron chi connectivity index (χ3n) is 4.80. The van der Waals surface area contributed by atoms with E-state index in [1.54, 1.807) is 25.4 Å². The molecule has 3 aromatic rings. The number of nitrogens with one attached hydrogen (secondary N) is 1. The lowest BCUT2D eigenvalue weighted by molar-refractivity contribution is 0.0743. The number of carbonyl (C=O) groups excluding carboxylic acids is 1. The molecule has 1 aliphatic heterocycles. The van der Waals surface area contributed by atoms with Crippen LogP contribution < -0.4 is 15.0 Å². The molecule has 4 rings (SSSR count). The Hall–Kier alpha value is -3.68. The van der Waals surface area contributed by atoms with Gasteiger partial charge in [0.25, 0.3) is 5.91 Å². The van der Waals surface area contributed by atoms with Crippen LogP contribution in [0.1, 0.15) is 10.4 Å². The van der Waals surface area contributed by atoms with Crippen molar-refractivity contribution >= 4 is 23.4 Å². The van der Waals surface area contributed by atoms with E-state index in [1.165, 1.54) is 6.33 Å². The summed E-state index contributed by atoms with van der Waals surface area (Å²) >= 11 is 0. The van der Waals surface area contributed by atoms with E-state index >= 15 is 0 Å². The number of ether oxygens (including phenoxy) is 1. The third-order valence-corrected chi connectivity index (χ3v) is 4.80. The summed E-state index contributed by atoms with van der Waals surface area (Å²) in [7, 11) is 1.58. The molecule has 0 spiro atoms. The molecule has 8 nitrogen and oxygen atoms in total. The fourth-order valence-electron chi connectivity index (χ4n) is 3.29. The highest BCUT2D eigenvalue weighted by Gasteiger charge is 2.24. The number of piperazine rings is 1. The number of rotatable bonds is 5. The van der Waals surface area contributed by atoms with E-state index in [0.29, 0.717) is 43.3 Å². The van der Waals surface area contributed by atoms with Crippen molar-refractivity contribution in [2.24, 2.45) is 0 Å². The van der Waals surface area contributed by atoms with E-state index in [1.807, 2.05) is 41.3 Å². The van der Waals surface area contributed by atoms with Crippen molar-refractivity contribution in [2.75, 3.05) is 43.5 Å². The number of benzene rings is 1. The molecular formula is C21H22N6O2. The molecule has 0 radical (unpaired) electrons. The molecule has 0 bridgehead atoms. The van der Waals surface area contributed by atoms with Gasteiger partial charge in [-0.05, 0) is 24.3 Å². The smallest absolute Gasteiger partial charge is 0.257 e. The highest BCUT2D eigenvalue weighted by molar-refractivity contribution is 5.97. The van der Waals surface area contributed by atoms with Crippen molar-refractivity contribution in [3.05, 3.63) is 66.6 Å². The van der Waals surface area contributed by atoms with E-state index in [0.717, 1.165) is 11.6 Å². The molecule has 148 valence electrons. The summed E-state index contributed by atoms with van der Waals surface area (Å²) in [6, 6.07) is 14.9. The molecule has 29 heavy (non-hydrogen) atoms. The third kappa shape index (κ3) is 4.26. The lowest BCUT2D eigenvalue weighted by atomic mass is 10.1. The summed E-state index contributed by atoms with van der Waals surface area (Å²) in [4.78, 5) is 29.8. The van der Waals surface area contributed by atoms with Crippen LogP contribution in [0.3, 0.4) is 0 Å². The Labute approximate surface area is 169 Å². The zero-order chi connectivity index (χ0) is 20.1. The van der Waals surface area contributed by atoms with E-state index in [2.05, 4.69) is 25.2 Å². The molecule has 0 unspecified atom stereocenters. The highest BCUT2D eigenvalue weighted by Crippen LogP contribution is 2.22. The second-order valence-electron chi connectivity index (χ2n) is 6.58. The number of methoxy groups -OCH3 is 1. The standard InChI is InChI=1S/C21H22N6O2/c1-29-17-7-3-2-6-16(17)21(28)27-12-10-26(11-13-27)20-14-19(23-15-24-20)25-18-8-4-5-9-22-18/h2-9,14-15H,10-13H2,1H3,(H,22,23,24,25). The number of carbonyl (C=O) groups is 1. The first-order chi connectivity index (χ1) is 14.2. The molecule has 1 saturated heterocycles. The summed E-state index contributed by atoms with van der Waals surface area (Å²) in [6.45, 7) is 2.62. The van der Waals surface area contributed by atoms with Crippen molar-refractivity contribution in [2.45, 2.75) is 0 Å². The second kappa shape index (κ2) is 8.55. The Kier molecular flexibility index (Phi) is 5.51. The fourth-order valence-corrected chi connectivity index (χ4v) is 3.29. The number of aromatic nitrogens is 3. The van der Waals surface area contributed by atoms with Gasteiger partial charge in [-0.1, -0.05) is 18.2 Å². The van der Waals surface area contributed by atoms with Crippen molar-refractivity contribution < 1.29 is 9.53 Å². The number of hydrogen-bond acceptors (Lipinski definition) is 7. The number of hydrogen-bond donors (Lipinski definition) is 1. The molecule has 0 atom stereocenters. The minimum Gasteiger partial charge on any atom is -0.496 e. The molecule has 1 amide bonds. The van der Waals surface area contributed by atoms with Crippen LogP contribution in [0, 0.1) is 0 Å². The molecule has 0 aliphatic carbocycles. The van der Waals surface area contributed by atoms with Gasteiger partial charge in [-0.25, -0.2) is 15.0 Å². The molecule has 3 heterocycles. The first kappa shape index (κ1) is 18.7. The SMILES string of the molecule is COc1ccccc1C(=O)N1CCN(c2cc(Nc3ccccn3)ncn2)CC1. The van der Waals surface area contributed by atoms with Crippen LogP contribution in [0.15, 0.2) is 61.1 Å². The average molecular weight is 390 g/mol. The monoisotopic (exact) mass is 390 g/mol. The van der Waals surface area contributed by atoms with Crippen LogP contribution in [0.25, 0.3) is 0 Å². The van der Waals surface area contributed by atoms with Crippen molar-refractivity contribution in [1.29, 1.82) is 0 Å². The maximum Gasteiger partial charge on any atom is 0.257 e. The summed E-state index contributed by atoms with van der Waals surface area (Å²) in [5.74, 6) is 2.82. The van der Waals surface area contributed by atoms with Gasteiger partial charge in [0, 0.05) is 38.4 Å². The molecule has 8 heteroatoms. The van der Waals surface area contributed by atoms with Gasteiger partial charge in [-0.15, -0.1) is 0 Å². The van der Waals surface area contributed by atoms with Gasteiger partial charge in [0.2, 0.25) is 0 Å². The van der Waals surface area contributed by atoms with Crippen LogP contribution in [-0.2, 0) is 0 Å². The summed E-state index contributed by atoms with van der Waals surface area (Å²) in [6.07, 6.45) is 3.26. The van der Waals surface area contributed by atoms with Gasteiger partial charge in [-0.3, -0.25) is 4.79 Å². The minimum absolute atomic E-state index is 0.0118. The predicted molar refractivity (Wildman–Crippen MR) is 111 cm³/mol. The predicted octanol–water partition coefficient (Wildman–Crippen LogP) is 2.59. The van der Waals surface area contributed by atoms with Gasteiger partial charge >= 0.3 is 0 Å². The van der Waals surface area contributed by atoms with Crippen molar-refractivity contribution in [3.8, 4) is 5.75 Å². The molecule has 1 aliphatic rings. The summed E-state index contributed by atoms with van der Waals surface area (Å²) < 4.78 is 5.32. The normalized spacial score (nSPS) is 13.8. The van der Waals surface area contributed by atoms with Crippen molar-refractivity contribution in [3.63, 3.8) is 0 Å². The molecular weight excluding hydrogens is 368 g/mol. The number of anilines is 3. The average Bonchev–Trinajstić information content (AvgIpc) is 2.79. The maximum absolute atomic E-state index is 12.9. The molecule has 0 saturated carbocycles. The van der Waals surface area contributed by atoms with Crippen LogP contribution in [0.4, 0.5) is 17.5 Å². The zero-order valence-corrected chi connectivity index (χ0v) is 16.2. The van der Waals surface area contributed by atoms with Gasteiger partial charge in [0.05, 0.1) is 12.7 Å². The quantitative estimate of drug-likeness (QED) is 0.717. The lowest BCUT2D eigenvalue weighted by Gasteiger charge is -2.35. The maximum atomic E-state index is 12.9. The lowest BCUT2D eigenvalue weighted by Crippen LogP contribution is -2.49. The highest BCUT2D eigenvalue weighted by atomic mass is 16.5. The van der Waals surface area contributed by atoms with Crippen LogP contribution in [-0.4, -0.2) is 59.0 Å². The number of pyridine rings is 1. The van der Waals surface area contributed by atoms with Crippen LogP contribution in [0.5, 0.6) is 5.75 Å². The summed E-state index contributed by atoms with van der Waals surface area (Å²) in [5.41, 5.74) is 0.590. The number of nitrogens with zero attached hydrogens (tertiary/aromatic N) is 5. The van der Waals surface area contributed by atoms with E-state index < -0.39 is 0 Å². The largest absolute Gasteiger partial charge is 0.496 e. The van der Waals surface area contributed by atoms with E-state index in [9.17, 15) is 4.79 Å². The van der Waals surface area contributed by atoms with E-state index in [4.69, 9.17) is 4.74 Å². The topological polar surface area (TPSA) is 83.5 Å². The minimum atomic E-state index is -0.0118. The van der Waals surface area contributed by atoms with Crippen LogP contribution >= 0.6 is 0 Å². The Morgan fingerprint density at radius 2 is 1.76 bits per heavy atom. The van der Waals surface area contributed by atoms with Gasteiger partial charge in [-0.2, -0.15) is 0 Å². The Morgan fingerprint density at radius 1 is 0.966 bits per heavy atom. The number of para-hydroxylation sites is 1. The van der Waals surface area contributed by atoms with Gasteiger partial charge in [0.15, 0.2) is 0 Å². The van der Waals surface area contributed by atoms with Gasteiger partial charge in [0.1, 0.15) is 29.5 Å². The molecule has 1 N–H and O–H groups in total. The summed E-state index contributed by atoms with van der Waals surface area (Å²) in [5, 5.41) is 3.18. The number of amides is 1. The first-order valence-electron chi connectivity index (χ1n) is 9.42. The zero-order valence-electron chi connectivity index (χ0n) is 16.2. The van der Waals surface area contributed by atoms with Gasteiger partial charge < -0.3 is 19.9 Å².